The maximum atomic E-state index is 11.1. The summed E-state index contributed by atoms with van der Waals surface area (Å²) < 4.78 is 0. The van der Waals surface area contributed by atoms with Crippen molar-refractivity contribution in [1.82, 2.24) is 9.97 Å². The lowest BCUT2D eigenvalue weighted by atomic mass is 10.1. The molecule has 104 valence electrons. The largest absolute Gasteiger partial charge is 0.368 e. The number of nitro groups is 1. The van der Waals surface area contributed by atoms with E-state index in [4.69, 9.17) is 5.73 Å². The third kappa shape index (κ3) is 3.05. The van der Waals surface area contributed by atoms with Crippen LogP contribution in [0.15, 0.2) is 29.3 Å². The van der Waals surface area contributed by atoms with E-state index in [1.54, 1.807) is 6.92 Å². The van der Waals surface area contributed by atoms with E-state index in [1.165, 1.54) is 11.8 Å². The second-order valence-corrected chi connectivity index (χ2v) is 5.26. The third-order valence-electron chi connectivity index (χ3n) is 2.85. The Morgan fingerprint density at radius 2 is 2.00 bits per heavy atom. The van der Waals surface area contributed by atoms with Crippen LogP contribution in [0.3, 0.4) is 0 Å². The maximum absolute atomic E-state index is 11.1. The summed E-state index contributed by atoms with van der Waals surface area (Å²) in [6, 6.07) is 7.89. The summed E-state index contributed by atoms with van der Waals surface area (Å²) in [4.78, 5) is 18.5. The summed E-state index contributed by atoms with van der Waals surface area (Å²) in [6.07, 6.45) is 0. The fourth-order valence-electron chi connectivity index (χ4n) is 1.79. The number of anilines is 1. The smallest absolute Gasteiger partial charge is 0.322 e. The molecule has 0 unspecified atom stereocenters. The maximum Gasteiger partial charge on any atom is 0.322 e. The molecule has 6 nitrogen and oxygen atoms in total. The molecular formula is C13H14N4O2S. The van der Waals surface area contributed by atoms with Crippen LogP contribution in [-0.2, 0) is 5.75 Å². The van der Waals surface area contributed by atoms with Gasteiger partial charge in [0.1, 0.15) is 5.69 Å². The lowest BCUT2D eigenvalue weighted by Gasteiger charge is -2.07. The molecule has 2 aromatic rings. The zero-order chi connectivity index (χ0) is 14.7. The van der Waals surface area contributed by atoms with Crippen LogP contribution in [0.2, 0.25) is 0 Å². The van der Waals surface area contributed by atoms with E-state index in [1.807, 2.05) is 31.2 Å². The number of nitrogens with zero attached hydrogens (tertiary/aromatic N) is 3. The van der Waals surface area contributed by atoms with Gasteiger partial charge in [0, 0.05) is 5.75 Å². The predicted octanol–water partition coefficient (Wildman–Crippen LogP) is 2.88. The highest BCUT2D eigenvalue weighted by atomic mass is 32.2. The average Bonchev–Trinajstić information content (AvgIpc) is 2.36. The van der Waals surface area contributed by atoms with Gasteiger partial charge in [0.25, 0.3) is 0 Å². The molecule has 0 saturated carbocycles. The lowest BCUT2D eigenvalue weighted by Crippen LogP contribution is -2.04. The number of hydrogen-bond donors (Lipinski definition) is 1. The molecule has 0 radical (unpaired) electrons. The highest BCUT2D eigenvalue weighted by Crippen LogP contribution is 2.32. The highest BCUT2D eigenvalue weighted by molar-refractivity contribution is 7.98. The summed E-state index contributed by atoms with van der Waals surface area (Å²) in [6.45, 7) is 3.57. The predicted molar refractivity (Wildman–Crippen MR) is 78.6 cm³/mol. The molecule has 0 atom stereocenters. The van der Waals surface area contributed by atoms with E-state index in [0.717, 1.165) is 11.1 Å². The van der Waals surface area contributed by atoms with Gasteiger partial charge >= 0.3 is 5.69 Å². The highest BCUT2D eigenvalue weighted by Gasteiger charge is 2.21. The Bertz CT molecular complexity index is 661. The topological polar surface area (TPSA) is 94.9 Å². The molecule has 0 aliphatic carbocycles. The van der Waals surface area contributed by atoms with Gasteiger partial charge in [-0.25, -0.2) is 4.98 Å². The van der Waals surface area contributed by atoms with Crippen molar-refractivity contribution in [2.24, 2.45) is 0 Å². The molecule has 0 amide bonds. The van der Waals surface area contributed by atoms with Crippen molar-refractivity contribution in [3.8, 4) is 0 Å². The number of aryl methyl sites for hydroxylation is 2. The molecule has 0 saturated heterocycles. The first-order valence-electron chi connectivity index (χ1n) is 5.95. The first-order chi connectivity index (χ1) is 9.49. The molecule has 20 heavy (non-hydrogen) atoms. The SMILES string of the molecule is Cc1ccccc1CSc1nc(N)nc(C)c1[N+](=O)[O-]. The lowest BCUT2D eigenvalue weighted by molar-refractivity contribution is -0.389. The Morgan fingerprint density at radius 1 is 1.30 bits per heavy atom. The van der Waals surface area contributed by atoms with E-state index >= 15 is 0 Å². The first kappa shape index (κ1) is 14.3. The fraction of sp³-hybridized carbons (Fsp3) is 0.231. The van der Waals surface area contributed by atoms with Crippen LogP contribution in [0, 0.1) is 24.0 Å². The third-order valence-corrected chi connectivity index (χ3v) is 3.87. The molecule has 0 aliphatic rings. The van der Waals surface area contributed by atoms with Crippen LogP contribution >= 0.6 is 11.8 Å². The molecule has 2 rings (SSSR count). The van der Waals surface area contributed by atoms with Gasteiger partial charge in [0.2, 0.25) is 5.95 Å². The molecule has 7 heteroatoms. The number of aromatic nitrogens is 2. The van der Waals surface area contributed by atoms with Crippen LogP contribution < -0.4 is 5.73 Å². The molecule has 2 N–H and O–H groups in total. The van der Waals surface area contributed by atoms with E-state index in [0.29, 0.717) is 10.8 Å². The van der Waals surface area contributed by atoms with Gasteiger partial charge in [-0.2, -0.15) is 4.98 Å². The summed E-state index contributed by atoms with van der Waals surface area (Å²) >= 11 is 1.30. The van der Waals surface area contributed by atoms with Crippen molar-refractivity contribution in [2.75, 3.05) is 5.73 Å². The monoisotopic (exact) mass is 290 g/mol. The molecule has 1 aromatic carbocycles. The van der Waals surface area contributed by atoms with E-state index in [-0.39, 0.29) is 17.3 Å². The summed E-state index contributed by atoms with van der Waals surface area (Å²) in [5.41, 5.74) is 8.04. The summed E-state index contributed by atoms with van der Waals surface area (Å²) in [7, 11) is 0. The molecule has 0 spiro atoms. The van der Waals surface area contributed by atoms with Crippen molar-refractivity contribution >= 4 is 23.4 Å². The minimum atomic E-state index is -0.463. The van der Waals surface area contributed by atoms with Crippen LogP contribution in [0.4, 0.5) is 11.6 Å². The van der Waals surface area contributed by atoms with Gasteiger partial charge in [-0.1, -0.05) is 36.0 Å². The van der Waals surface area contributed by atoms with Crippen molar-refractivity contribution in [1.29, 1.82) is 0 Å². The molecular weight excluding hydrogens is 276 g/mol. The molecule has 1 aromatic heterocycles. The van der Waals surface area contributed by atoms with Crippen LogP contribution in [0.5, 0.6) is 0 Å². The van der Waals surface area contributed by atoms with Crippen LogP contribution in [0.25, 0.3) is 0 Å². The molecule has 0 fully saturated rings. The van der Waals surface area contributed by atoms with Crippen LogP contribution in [0.1, 0.15) is 16.8 Å². The molecule has 0 bridgehead atoms. The van der Waals surface area contributed by atoms with Gasteiger partial charge in [-0.15, -0.1) is 0 Å². The minimum Gasteiger partial charge on any atom is -0.368 e. The van der Waals surface area contributed by atoms with Gasteiger partial charge in [0.15, 0.2) is 5.03 Å². The Kier molecular flexibility index (Phi) is 4.19. The zero-order valence-electron chi connectivity index (χ0n) is 11.2. The standard InChI is InChI=1S/C13H14N4O2S/c1-8-5-3-4-6-10(8)7-20-12-11(17(18)19)9(2)15-13(14)16-12/h3-6H,7H2,1-2H3,(H2,14,15,16). The fourth-order valence-corrected chi connectivity index (χ4v) is 2.92. The Hall–Kier alpha value is -2.15. The van der Waals surface area contributed by atoms with Gasteiger partial charge < -0.3 is 5.73 Å². The second kappa shape index (κ2) is 5.87. The number of nitrogens with two attached hydrogens (primary N) is 1. The van der Waals surface area contributed by atoms with E-state index in [9.17, 15) is 10.1 Å². The normalized spacial score (nSPS) is 10.5. The number of hydrogen-bond acceptors (Lipinski definition) is 6. The Labute approximate surface area is 120 Å². The van der Waals surface area contributed by atoms with Gasteiger partial charge in [0.05, 0.1) is 4.92 Å². The van der Waals surface area contributed by atoms with Gasteiger partial charge in [-0.3, -0.25) is 10.1 Å². The van der Waals surface area contributed by atoms with Gasteiger partial charge in [-0.05, 0) is 25.0 Å². The Morgan fingerprint density at radius 3 is 2.65 bits per heavy atom. The zero-order valence-corrected chi connectivity index (χ0v) is 12.0. The van der Waals surface area contributed by atoms with Crippen molar-refractivity contribution in [3.63, 3.8) is 0 Å². The van der Waals surface area contributed by atoms with E-state index in [2.05, 4.69) is 9.97 Å². The minimum absolute atomic E-state index is 0.0559. The van der Waals surface area contributed by atoms with Crippen molar-refractivity contribution < 1.29 is 4.92 Å². The first-order valence-corrected chi connectivity index (χ1v) is 6.93. The van der Waals surface area contributed by atoms with Crippen LogP contribution in [-0.4, -0.2) is 14.9 Å². The molecule has 0 aliphatic heterocycles. The molecule has 1 heterocycles. The number of nitrogen functional groups attached to an aromatic ring is 1. The van der Waals surface area contributed by atoms with Crippen molar-refractivity contribution in [3.05, 3.63) is 51.2 Å². The van der Waals surface area contributed by atoms with Crippen molar-refractivity contribution in [2.45, 2.75) is 24.6 Å². The summed E-state index contributed by atoms with van der Waals surface area (Å²) in [5.74, 6) is 0.657. The quantitative estimate of drug-likeness (QED) is 0.402. The Balaban J connectivity index is 2.30. The number of benzene rings is 1. The number of thioether (sulfide) groups is 1. The number of rotatable bonds is 4. The van der Waals surface area contributed by atoms with E-state index < -0.39 is 4.92 Å². The average molecular weight is 290 g/mol. The second-order valence-electron chi connectivity index (χ2n) is 4.29. The summed E-state index contributed by atoms with van der Waals surface area (Å²) in [5, 5.41) is 11.4.